The summed E-state index contributed by atoms with van der Waals surface area (Å²) in [5, 5.41) is 5.92. The van der Waals surface area contributed by atoms with Crippen LogP contribution in [0.5, 0.6) is 0 Å². The van der Waals surface area contributed by atoms with Crippen LogP contribution in [0.1, 0.15) is 58.5 Å². The lowest BCUT2D eigenvalue weighted by Crippen LogP contribution is -2.33. The molecule has 6 heteroatoms. The van der Waals surface area contributed by atoms with E-state index in [9.17, 15) is 14.0 Å². The van der Waals surface area contributed by atoms with Gasteiger partial charge in [0.1, 0.15) is 5.82 Å². The van der Waals surface area contributed by atoms with E-state index in [1.165, 1.54) is 30.7 Å². The summed E-state index contributed by atoms with van der Waals surface area (Å²) in [4.78, 5) is 28.2. The van der Waals surface area contributed by atoms with Crippen LogP contribution in [0.25, 0.3) is 0 Å². The minimum absolute atomic E-state index is 0.162. The number of carbonyl (C=O) groups is 2. The second-order valence-corrected chi connectivity index (χ2v) is 8.35. The highest BCUT2D eigenvalue weighted by Crippen LogP contribution is 2.28. The predicted octanol–water partition coefficient (Wildman–Crippen LogP) is 5.56. The summed E-state index contributed by atoms with van der Waals surface area (Å²) in [6.07, 6.45) is 3.37. The van der Waals surface area contributed by atoms with Crippen LogP contribution in [-0.2, 0) is 0 Å². The van der Waals surface area contributed by atoms with E-state index in [4.69, 9.17) is 0 Å². The molecule has 1 heterocycles. The molecular weight excluding hydrogens is 417 g/mol. The maximum atomic E-state index is 13.3. The van der Waals surface area contributed by atoms with E-state index >= 15 is 0 Å². The Balaban J connectivity index is 1.59. The lowest BCUT2D eigenvalue weighted by atomic mass is 10.0. The van der Waals surface area contributed by atoms with Crippen molar-refractivity contribution in [3.8, 4) is 0 Å². The van der Waals surface area contributed by atoms with E-state index in [-0.39, 0.29) is 17.9 Å². The molecule has 1 saturated heterocycles. The number of carbonyl (C=O) groups excluding carboxylic acids is 2. The number of rotatable bonds is 6. The predicted molar refractivity (Wildman–Crippen MR) is 129 cm³/mol. The number of piperidine rings is 1. The van der Waals surface area contributed by atoms with E-state index in [2.05, 4.69) is 15.5 Å². The van der Waals surface area contributed by atoms with Gasteiger partial charge in [-0.2, -0.15) is 0 Å². The highest BCUT2D eigenvalue weighted by Gasteiger charge is 2.21. The fourth-order valence-electron chi connectivity index (χ4n) is 4.11. The standard InChI is InChI=1S/C27H28FN3O2/c1-19(20-8-4-2-5-9-20)29-27(33)24-18-23(14-15-25(24)31-16-6-3-7-17-31)30-26(32)21-10-12-22(28)13-11-21/h2,4-5,8-15,18-19H,3,6-7,16-17H2,1H3,(H,29,33)(H,30,32). The van der Waals surface area contributed by atoms with Crippen LogP contribution < -0.4 is 15.5 Å². The summed E-state index contributed by atoms with van der Waals surface area (Å²) < 4.78 is 13.2. The fourth-order valence-corrected chi connectivity index (χ4v) is 4.11. The van der Waals surface area contributed by atoms with Gasteiger partial charge in [0.25, 0.3) is 11.8 Å². The van der Waals surface area contributed by atoms with Gasteiger partial charge in [-0.15, -0.1) is 0 Å². The minimum atomic E-state index is -0.399. The quantitative estimate of drug-likeness (QED) is 0.522. The highest BCUT2D eigenvalue weighted by atomic mass is 19.1. The van der Waals surface area contributed by atoms with Gasteiger partial charge in [0.2, 0.25) is 0 Å². The summed E-state index contributed by atoms with van der Waals surface area (Å²) >= 11 is 0. The van der Waals surface area contributed by atoms with E-state index in [0.29, 0.717) is 16.8 Å². The number of halogens is 1. The fraction of sp³-hybridized carbons (Fsp3) is 0.259. The Labute approximate surface area is 193 Å². The summed E-state index contributed by atoms with van der Waals surface area (Å²) in [7, 11) is 0. The topological polar surface area (TPSA) is 61.4 Å². The molecule has 3 aromatic rings. The molecule has 0 spiro atoms. The van der Waals surface area contributed by atoms with Crippen LogP contribution in [0.3, 0.4) is 0 Å². The largest absolute Gasteiger partial charge is 0.371 e. The van der Waals surface area contributed by atoms with Crippen LogP contribution >= 0.6 is 0 Å². The third-order valence-corrected chi connectivity index (χ3v) is 5.95. The van der Waals surface area contributed by atoms with Gasteiger partial charge in [-0.3, -0.25) is 9.59 Å². The van der Waals surface area contributed by atoms with Gasteiger partial charge < -0.3 is 15.5 Å². The van der Waals surface area contributed by atoms with Crippen molar-refractivity contribution in [2.24, 2.45) is 0 Å². The van der Waals surface area contributed by atoms with E-state index in [0.717, 1.165) is 37.2 Å². The number of amides is 2. The Hall–Kier alpha value is -3.67. The Morgan fingerprint density at radius 2 is 1.58 bits per heavy atom. The third kappa shape index (κ3) is 5.58. The van der Waals surface area contributed by atoms with Crippen LogP contribution in [-0.4, -0.2) is 24.9 Å². The smallest absolute Gasteiger partial charge is 0.255 e. The Kier molecular flexibility index (Phi) is 7.03. The summed E-state index contributed by atoms with van der Waals surface area (Å²) in [6.45, 7) is 3.75. The zero-order valence-electron chi connectivity index (χ0n) is 18.7. The first-order valence-electron chi connectivity index (χ1n) is 11.3. The number of hydrogen-bond acceptors (Lipinski definition) is 3. The third-order valence-electron chi connectivity index (χ3n) is 5.95. The molecule has 1 unspecified atom stereocenters. The van der Waals surface area contributed by atoms with Gasteiger partial charge in [-0.05, 0) is 74.2 Å². The summed E-state index contributed by atoms with van der Waals surface area (Å²) in [5.41, 5.74) is 3.28. The Morgan fingerprint density at radius 1 is 0.879 bits per heavy atom. The van der Waals surface area contributed by atoms with Crippen molar-refractivity contribution < 1.29 is 14.0 Å². The van der Waals surface area contributed by atoms with Gasteiger partial charge in [-0.1, -0.05) is 30.3 Å². The molecule has 1 aliphatic heterocycles. The monoisotopic (exact) mass is 445 g/mol. The second-order valence-electron chi connectivity index (χ2n) is 8.35. The lowest BCUT2D eigenvalue weighted by molar-refractivity contribution is 0.0939. The molecule has 0 radical (unpaired) electrons. The van der Waals surface area contributed by atoms with E-state index in [1.807, 2.05) is 49.4 Å². The van der Waals surface area contributed by atoms with Gasteiger partial charge >= 0.3 is 0 Å². The maximum Gasteiger partial charge on any atom is 0.255 e. The maximum absolute atomic E-state index is 13.3. The molecule has 5 nitrogen and oxygen atoms in total. The molecule has 2 amide bonds. The van der Waals surface area contributed by atoms with Gasteiger partial charge in [0.15, 0.2) is 0 Å². The van der Waals surface area contributed by atoms with Crippen LogP contribution in [0.4, 0.5) is 15.8 Å². The molecule has 1 atom stereocenters. The van der Waals surface area contributed by atoms with Crippen molar-refractivity contribution in [3.63, 3.8) is 0 Å². The summed E-state index contributed by atoms with van der Waals surface area (Å²) in [5.74, 6) is -0.946. The second kappa shape index (κ2) is 10.3. The molecule has 1 aliphatic rings. The number of nitrogens with one attached hydrogen (secondary N) is 2. The molecule has 3 aromatic carbocycles. The first-order chi connectivity index (χ1) is 16.0. The van der Waals surface area contributed by atoms with E-state index < -0.39 is 5.82 Å². The molecule has 1 fully saturated rings. The van der Waals surface area contributed by atoms with Crippen LogP contribution in [0.2, 0.25) is 0 Å². The number of anilines is 2. The average Bonchev–Trinajstić information content (AvgIpc) is 2.85. The van der Waals surface area contributed by atoms with Gasteiger partial charge in [-0.25, -0.2) is 4.39 Å². The zero-order chi connectivity index (χ0) is 23.2. The first kappa shape index (κ1) is 22.5. The van der Waals surface area contributed by atoms with Crippen molar-refractivity contribution in [2.45, 2.75) is 32.2 Å². The minimum Gasteiger partial charge on any atom is -0.371 e. The zero-order valence-corrected chi connectivity index (χ0v) is 18.7. The summed E-state index contributed by atoms with van der Waals surface area (Å²) in [6, 6.07) is 20.4. The van der Waals surface area contributed by atoms with Crippen molar-refractivity contribution in [3.05, 3.63) is 95.3 Å². The molecule has 0 aliphatic carbocycles. The molecule has 170 valence electrons. The van der Waals surface area contributed by atoms with E-state index in [1.54, 1.807) is 6.07 Å². The molecule has 0 bridgehead atoms. The van der Waals surface area contributed by atoms with Gasteiger partial charge in [0, 0.05) is 30.0 Å². The van der Waals surface area contributed by atoms with Crippen LogP contribution in [0.15, 0.2) is 72.8 Å². The van der Waals surface area contributed by atoms with Crippen molar-refractivity contribution >= 4 is 23.2 Å². The van der Waals surface area contributed by atoms with Gasteiger partial charge in [0.05, 0.1) is 11.6 Å². The normalized spacial score (nSPS) is 14.4. The lowest BCUT2D eigenvalue weighted by Gasteiger charge is -2.31. The van der Waals surface area contributed by atoms with Crippen molar-refractivity contribution in [2.75, 3.05) is 23.3 Å². The molecule has 0 saturated carbocycles. The molecule has 2 N–H and O–H groups in total. The SMILES string of the molecule is CC(NC(=O)c1cc(NC(=O)c2ccc(F)cc2)ccc1N1CCCCC1)c1ccccc1. The molecule has 33 heavy (non-hydrogen) atoms. The number of benzene rings is 3. The first-order valence-corrected chi connectivity index (χ1v) is 11.3. The average molecular weight is 446 g/mol. The van der Waals surface area contributed by atoms with Crippen LogP contribution in [0, 0.1) is 5.82 Å². The Morgan fingerprint density at radius 3 is 2.27 bits per heavy atom. The Bertz CT molecular complexity index is 1110. The number of hydrogen-bond donors (Lipinski definition) is 2. The molecule has 4 rings (SSSR count). The van der Waals surface area contributed by atoms with Crippen molar-refractivity contribution in [1.29, 1.82) is 0 Å². The molecular formula is C27H28FN3O2. The highest BCUT2D eigenvalue weighted by molar-refractivity contribution is 6.06. The molecule has 0 aromatic heterocycles. The van der Waals surface area contributed by atoms with Crippen molar-refractivity contribution in [1.82, 2.24) is 5.32 Å². The number of nitrogens with zero attached hydrogens (tertiary/aromatic N) is 1.